The number of aromatic nitrogens is 4. The molecule has 3 aromatic rings. The highest BCUT2D eigenvalue weighted by molar-refractivity contribution is 6.31. The fourth-order valence-electron chi connectivity index (χ4n) is 4.59. The zero-order valence-electron chi connectivity index (χ0n) is 17.5. The molecule has 0 radical (unpaired) electrons. The van der Waals surface area contributed by atoms with Crippen molar-refractivity contribution in [3.63, 3.8) is 0 Å². The summed E-state index contributed by atoms with van der Waals surface area (Å²) in [4.78, 5) is 4.87. The van der Waals surface area contributed by atoms with Crippen LogP contribution >= 0.6 is 11.6 Å². The van der Waals surface area contributed by atoms with E-state index in [2.05, 4.69) is 61.7 Å². The maximum absolute atomic E-state index is 6.66. The topological polar surface area (TPSA) is 59.3 Å². The molecule has 2 atom stereocenters. The molecule has 0 amide bonds. The molecule has 2 saturated heterocycles. The van der Waals surface area contributed by atoms with Crippen LogP contribution in [0.5, 0.6) is 0 Å². The van der Waals surface area contributed by atoms with Crippen LogP contribution in [0.3, 0.4) is 0 Å². The summed E-state index contributed by atoms with van der Waals surface area (Å²) in [5.74, 6) is 0.830. The molecule has 2 aromatic carbocycles. The van der Waals surface area contributed by atoms with Gasteiger partial charge in [0.1, 0.15) is 0 Å². The normalized spacial score (nSPS) is 20.8. The second-order valence-electron chi connectivity index (χ2n) is 8.14. The minimum atomic E-state index is -0.0944. The van der Waals surface area contributed by atoms with E-state index in [9.17, 15) is 0 Å². The van der Waals surface area contributed by atoms with Crippen molar-refractivity contribution in [1.82, 2.24) is 25.1 Å². The Balaban J connectivity index is 1.42. The Morgan fingerprint density at radius 1 is 1.00 bits per heavy atom. The van der Waals surface area contributed by atoms with Gasteiger partial charge in [-0.05, 0) is 47.0 Å². The molecule has 0 bridgehead atoms. The Bertz CT molecular complexity index is 982. The lowest BCUT2D eigenvalue weighted by molar-refractivity contribution is 0.0907. The van der Waals surface area contributed by atoms with Crippen molar-refractivity contribution in [2.45, 2.75) is 31.5 Å². The first-order chi connectivity index (χ1) is 15.3. The van der Waals surface area contributed by atoms with Gasteiger partial charge in [0.05, 0.1) is 18.7 Å². The molecule has 3 heterocycles. The Hall–Kier alpha value is -2.48. The Morgan fingerprint density at radius 2 is 1.77 bits per heavy atom. The van der Waals surface area contributed by atoms with Crippen molar-refractivity contribution >= 4 is 17.3 Å². The summed E-state index contributed by atoms with van der Waals surface area (Å²) in [6, 6.07) is 18.5. The molecule has 0 aliphatic carbocycles. The molecule has 162 valence electrons. The fraction of sp³-hybridized carbons (Fsp3) is 0.435. The third-order valence-corrected chi connectivity index (χ3v) is 6.55. The van der Waals surface area contributed by atoms with Crippen LogP contribution in [0.25, 0.3) is 0 Å². The average Bonchev–Trinajstić information content (AvgIpc) is 3.49. The van der Waals surface area contributed by atoms with Crippen LogP contribution in [0.2, 0.25) is 5.02 Å². The van der Waals surface area contributed by atoms with Crippen molar-refractivity contribution in [2.75, 3.05) is 37.7 Å². The highest BCUT2D eigenvalue weighted by atomic mass is 35.5. The predicted molar refractivity (Wildman–Crippen MR) is 120 cm³/mol. The summed E-state index contributed by atoms with van der Waals surface area (Å²) >= 11 is 6.66. The smallest absolute Gasteiger partial charge is 0.173 e. The summed E-state index contributed by atoms with van der Waals surface area (Å²) in [7, 11) is 0. The predicted octanol–water partition coefficient (Wildman–Crippen LogP) is 3.42. The van der Waals surface area contributed by atoms with E-state index in [4.69, 9.17) is 16.3 Å². The number of anilines is 1. The van der Waals surface area contributed by atoms with Crippen molar-refractivity contribution in [1.29, 1.82) is 0 Å². The Kier molecular flexibility index (Phi) is 6.15. The molecule has 0 saturated carbocycles. The lowest BCUT2D eigenvalue weighted by atomic mass is 10.0. The van der Waals surface area contributed by atoms with Crippen molar-refractivity contribution in [3.05, 3.63) is 71.0 Å². The van der Waals surface area contributed by atoms with Crippen LogP contribution in [0, 0.1) is 0 Å². The summed E-state index contributed by atoms with van der Waals surface area (Å²) in [5.41, 5.74) is 2.31. The number of hydrogen-bond donors (Lipinski definition) is 0. The van der Waals surface area contributed by atoms with Crippen LogP contribution < -0.4 is 4.90 Å². The number of halogens is 1. The molecule has 0 N–H and O–H groups in total. The average molecular weight is 439 g/mol. The van der Waals surface area contributed by atoms with E-state index in [1.807, 2.05) is 22.9 Å². The quantitative estimate of drug-likeness (QED) is 0.587. The molecule has 7 nitrogen and oxygen atoms in total. The van der Waals surface area contributed by atoms with E-state index in [0.717, 1.165) is 62.0 Å². The van der Waals surface area contributed by atoms with Crippen LogP contribution in [0.15, 0.2) is 54.6 Å². The number of rotatable bonds is 6. The molecular weight excluding hydrogens is 412 g/mol. The van der Waals surface area contributed by atoms with Gasteiger partial charge in [0.2, 0.25) is 0 Å². The lowest BCUT2D eigenvalue weighted by Gasteiger charge is -2.40. The van der Waals surface area contributed by atoms with E-state index in [-0.39, 0.29) is 12.1 Å². The first-order valence-electron chi connectivity index (χ1n) is 11.0. The maximum atomic E-state index is 6.66. The first kappa shape index (κ1) is 20.4. The highest BCUT2D eigenvalue weighted by Gasteiger charge is 2.32. The highest BCUT2D eigenvalue weighted by Crippen LogP contribution is 2.33. The maximum Gasteiger partial charge on any atom is 0.173 e. The molecule has 0 unspecified atom stereocenters. The summed E-state index contributed by atoms with van der Waals surface area (Å²) < 4.78 is 7.75. The number of nitrogens with zero attached hydrogens (tertiary/aromatic N) is 6. The molecule has 1 aromatic heterocycles. The van der Waals surface area contributed by atoms with E-state index in [1.54, 1.807) is 0 Å². The molecule has 2 fully saturated rings. The Morgan fingerprint density at radius 3 is 2.52 bits per heavy atom. The van der Waals surface area contributed by atoms with Crippen molar-refractivity contribution < 1.29 is 4.74 Å². The third kappa shape index (κ3) is 4.44. The lowest BCUT2D eigenvalue weighted by Crippen LogP contribution is -2.48. The first-order valence-corrected chi connectivity index (χ1v) is 11.3. The molecule has 2 aliphatic heterocycles. The molecule has 0 spiro atoms. The number of hydrogen-bond acceptors (Lipinski definition) is 6. The minimum absolute atomic E-state index is 0.0944. The van der Waals surface area contributed by atoms with Crippen molar-refractivity contribution in [3.8, 4) is 0 Å². The van der Waals surface area contributed by atoms with E-state index < -0.39 is 0 Å². The van der Waals surface area contributed by atoms with Gasteiger partial charge in [0.25, 0.3) is 0 Å². The number of benzene rings is 2. The van der Waals surface area contributed by atoms with E-state index >= 15 is 0 Å². The minimum Gasteiger partial charge on any atom is -0.376 e. The SMILES string of the molecule is Clc1ccccc1[C@@H](c1nnnn1C[C@@H]1CCCO1)N1CCN(c2ccccc2)CC1. The number of tetrazole rings is 1. The van der Waals surface area contributed by atoms with E-state index in [1.165, 1.54) is 5.69 Å². The van der Waals surface area contributed by atoms with E-state index in [0.29, 0.717) is 6.54 Å². The largest absolute Gasteiger partial charge is 0.376 e. The number of para-hydroxylation sites is 1. The van der Waals surface area contributed by atoms with Gasteiger partial charge in [-0.1, -0.05) is 48.0 Å². The number of ether oxygens (including phenoxy) is 1. The van der Waals surface area contributed by atoms with Crippen molar-refractivity contribution in [2.24, 2.45) is 0 Å². The van der Waals surface area contributed by atoms with Crippen LogP contribution in [0.1, 0.15) is 30.3 Å². The molecule has 2 aliphatic rings. The molecule has 31 heavy (non-hydrogen) atoms. The zero-order valence-corrected chi connectivity index (χ0v) is 18.2. The third-order valence-electron chi connectivity index (χ3n) is 6.21. The second kappa shape index (κ2) is 9.34. The number of piperazine rings is 1. The van der Waals surface area contributed by atoms with Gasteiger partial charge >= 0.3 is 0 Å². The summed E-state index contributed by atoms with van der Waals surface area (Å²) in [5, 5.41) is 13.5. The molecule has 8 heteroatoms. The van der Waals surface area contributed by atoms with Crippen LogP contribution in [-0.2, 0) is 11.3 Å². The Labute approximate surface area is 187 Å². The van der Waals surface area contributed by atoms with Gasteiger partial charge in [-0.15, -0.1) is 5.10 Å². The van der Waals surface area contributed by atoms with Gasteiger partial charge in [-0.3, -0.25) is 4.90 Å². The van der Waals surface area contributed by atoms with Crippen LogP contribution in [-0.4, -0.2) is 64.0 Å². The van der Waals surface area contributed by atoms with Gasteiger partial charge < -0.3 is 9.64 Å². The standard InChI is InChI=1S/C23H27ClN6O/c24-21-11-5-4-10-20(21)22(23-25-26-27-30(23)17-19-9-6-16-31-19)29-14-12-28(13-15-29)18-7-2-1-3-8-18/h1-5,7-8,10-11,19,22H,6,9,12-17H2/t19-,22-/m0/s1. The van der Waals surface area contributed by atoms with Gasteiger partial charge in [-0.25, -0.2) is 4.68 Å². The summed E-state index contributed by atoms with van der Waals surface area (Å²) in [6.07, 6.45) is 2.31. The van der Waals surface area contributed by atoms with Gasteiger partial charge in [0.15, 0.2) is 5.82 Å². The van der Waals surface area contributed by atoms with Gasteiger partial charge in [-0.2, -0.15) is 0 Å². The van der Waals surface area contributed by atoms with Gasteiger partial charge in [0, 0.05) is 43.5 Å². The monoisotopic (exact) mass is 438 g/mol. The van der Waals surface area contributed by atoms with Crippen LogP contribution in [0.4, 0.5) is 5.69 Å². The molecule has 5 rings (SSSR count). The molecular formula is C23H27ClN6O. The second-order valence-corrected chi connectivity index (χ2v) is 8.54. The zero-order chi connectivity index (χ0) is 21.0. The fourth-order valence-corrected chi connectivity index (χ4v) is 4.83. The summed E-state index contributed by atoms with van der Waals surface area (Å²) in [6.45, 7) is 5.18.